The summed E-state index contributed by atoms with van der Waals surface area (Å²) in [4.78, 5) is 10.6. The number of hydrogen-bond acceptors (Lipinski definition) is 3. The fraction of sp³-hybridized carbons (Fsp3) is 0.833. The summed E-state index contributed by atoms with van der Waals surface area (Å²) in [6.45, 7) is 3.20. The molecule has 1 aliphatic rings. The van der Waals surface area contributed by atoms with Crippen molar-refractivity contribution in [3.63, 3.8) is 0 Å². The first kappa shape index (κ1) is 7.50. The van der Waals surface area contributed by atoms with Crippen LogP contribution in [-0.2, 0) is 9.53 Å². The van der Waals surface area contributed by atoms with Crippen molar-refractivity contribution in [3.8, 4) is 0 Å². The van der Waals surface area contributed by atoms with E-state index >= 15 is 0 Å². The Labute approximate surface area is 59.7 Å². The van der Waals surface area contributed by atoms with E-state index in [4.69, 9.17) is 10.5 Å². The predicted octanol–water partition coefficient (Wildman–Crippen LogP) is -1.15. The number of primary amides is 1. The van der Waals surface area contributed by atoms with E-state index in [1.165, 1.54) is 0 Å². The van der Waals surface area contributed by atoms with Gasteiger partial charge in [0.05, 0.1) is 12.7 Å². The van der Waals surface area contributed by atoms with E-state index in [1.807, 2.05) is 6.92 Å². The normalized spacial score (nSPS) is 33.7. The van der Waals surface area contributed by atoms with Crippen LogP contribution in [0.25, 0.3) is 0 Å². The van der Waals surface area contributed by atoms with Crippen molar-refractivity contribution in [2.24, 2.45) is 5.73 Å². The van der Waals surface area contributed by atoms with E-state index in [0.717, 1.165) is 0 Å². The van der Waals surface area contributed by atoms with Crippen LogP contribution in [0.4, 0.5) is 0 Å². The molecule has 0 radical (unpaired) electrons. The molecular weight excluding hydrogens is 132 g/mol. The molecule has 58 valence electrons. The van der Waals surface area contributed by atoms with Crippen molar-refractivity contribution >= 4 is 5.91 Å². The summed E-state index contributed by atoms with van der Waals surface area (Å²) >= 11 is 0. The van der Waals surface area contributed by atoms with Crippen molar-refractivity contribution in [1.29, 1.82) is 0 Å². The van der Waals surface area contributed by atoms with Crippen LogP contribution in [0.5, 0.6) is 0 Å². The first-order chi connectivity index (χ1) is 4.72. The zero-order valence-corrected chi connectivity index (χ0v) is 5.96. The van der Waals surface area contributed by atoms with Gasteiger partial charge in [-0.1, -0.05) is 0 Å². The summed E-state index contributed by atoms with van der Waals surface area (Å²) in [5.74, 6) is -0.341. The molecule has 2 atom stereocenters. The van der Waals surface area contributed by atoms with Crippen molar-refractivity contribution in [2.75, 3.05) is 13.2 Å². The molecule has 1 amide bonds. The van der Waals surface area contributed by atoms with Gasteiger partial charge in [0.2, 0.25) is 5.91 Å². The van der Waals surface area contributed by atoms with Gasteiger partial charge in [0, 0.05) is 6.54 Å². The van der Waals surface area contributed by atoms with Gasteiger partial charge in [-0.25, -0.2) is 0 Å². The van der Waals surface area contributed by atoms with E-state index in [2.05, 4.69) is 5.32 Å². The van der Waals surface area contributed by atoms with Gasteiger partial charge in [-0.3, -0.25) is 4.79 Å². The number of rotatable bonds is 1. The third-order valence-corrected chi connectivity index (χ3v) is 1.62. The van der Waals surface area contributed by atoms with Gasteiger partial charge in [0.15, 0.2) is 0 Å². The summed E-state index contributed by atoms with van der Waals surface area (Å²) in [6.07, 6.45) is -0.0914. The Kier molecular flexibility index (Phi) is 2.24. The van der Waals surface area contributed by atoms with Gasteiger partial charge in [-0.2, -0.15) is 0 Å². The SMILES string of the molecule is CC1OCCNC1C(N)=O. The largest absolute Gasteiger partial charge is 0.375 e. The van der Waals surface area contributed by atoms with Crippen molar-refractivity contribution in [3.05, 3.63) is 0 Å². The highest BCUT2D eigenvalue weighted by atomic mass is 16.5. The predicted molar refractivity (Wildman–Crippen MR) is 36.4 cm³/mol. The van der Waals surface area contributed by atoms with Crippen LogP contribution in [-0.4, -0.2) is 31.2 Å². The van der Waals surface area contributed by atoms with Crippen molar-refractivity contribution < 1.29 is 9.53 Å². The summed E-state index contributed by atoms with van der Waals surface area (Å²) in [7, 11) is 0. The molecule has 1 saturated heterocycles. The second-order valence-corrected chi connectivity index (χ2v) is 2.41. The maximum absolute atomic E-state index is 10.6. The smallest absolute Gasteiger partial charge is 0.237 e. The molecule has 0 aliphatic carbocycles. The minimum atomic E-state index is -0.341. The lowest BCUT2D eigenvalue weighted by Gasteiger charge is -2.27. The van der Waals surface area contributed by atoms with Gasteiger partial charge >= 0.3 is 0 Å². The minimum Gasteiger partial charge on any atom is -0.375 e. The molecule has 3 N–H and O–H groups in total. The Bertz CT molecular complexity index is 138. The monoisotopic (exact) mass is 144 g/mol. The summed E-state index contributed by atoms with van der Waals surface area (Å²) < 4.78 is 5.19. The molecule has 2 unspecified atom stereocenters. The molecule has 0 aromatic rings. The number of morpholine rings is 1. The fourth-order valence-corrected chi connectivity index (χ4v) is 1.05. The molecule has 0 saturated carbocycles. The number of amides is 1. The van der Waals surface area contributed by atoms with Crippen LogP contribution in [0.2, 0.25) is 0 Å². The standard InChI is InChI=1S/C6H12N2O2/c1-4-5(6(7)9)8-2-3-10-4/h4-5,8H,2-3H2,1H3,(H2,7,9). The first-order valence-electron chi connectivity index (χ1n) is 3.36. The fourth-order valence-electron chi connectivity index (χ4n) is 1.05. The molecule has 0 aromatic carbocycles. The Morgan fingerprint density at radius 1 is 1.80 bits per heavy atom. The number of carbonyl (C=O) groups excluding carboxylic acids is 1. The maximum atomic E-state index is 10.6. The lowest BCUT2D eigenvalue weighted by Crippen LogP contribution is -2.54. The van der Waals surface area contributed by atoms with Gasteiger partial charge in [0.1, 0.15) is 6.04 Å². The van der Waals surface area contributed by atoms with E-state index in [0.29, 0.717) is 13.2 Å². The van der Waals surface area contributed by atoms with Gasteiger partial charge < -0.3 is 15.8 Å². The topological polar surface area (TPSA) is 64.3 Å². The quantitative estimate of drug-likeness (QED) is 0.488. The number of ether oxygens (including phenoxy) is 1. The van der Waals surface area contributed by atoms with Crippen LogP contribution < -0.4 is 11.1 Å². The van der Waals surface area contributed by atoms with Gasteiger partial charge in [0.25, 0.3) is 0 Å². The van der Waals surface area contributed by atoms with Crippen LogP contribution >= 0.6 is 0 Å². The molecular formula is C6H12N2O2. The highest BCUT2D eigenvalue weighted by Crippen LogP contribution is 2.02. The molecule has 10 heavy (non-hydrogen) atoms. The lowest BCUT2D eigenvalue weighted by molar-refractivity contribution is -0.125. The average molecular weight is 144 g/mol. The zero-order valence-electron chi connectivity index (χ0n) is 5.96. The van der Waals surface area contributed by atoms with Crippen LogP contribution in [0, 0.1) is 0 Å². The van der Waals surface area contributed by atoms with Crippen LogP contribution in [0.15, 0.2) is 0 Å². The molecule has 4 heteroatoms. The molecule has 1 fully saturated rings. The van der Waals surface area contributed by atoms with Crippen LogP contribution in [0.3, 0.4) is 0 Å². The molecule has 0 bridgehead atoms. The summed E-state index contributed by atoms with van der Waals surface area (Å²) in [5, 5.41) is 2.97. The molecule has 1 rings (SSSR count). The lowest BCUT2D eigenvalue weighted by atomic mass is 10.1. The second kappa shape index (κ2) is 2.98. The zero-order chi connectivity index (χ0) is 7.56. The van der Waals surface area contributed by atoms with E-state index in [1.54, 1.807) is 0 Å². The number of nitrogens with one attached hydrogen (secondary N) is 1. The van der Waals surface area contributed by atoms with Gasteiger partial charge in [-0.05, 0) is 6.92 Å². The molecule has 1 aliphatic heterocycles. The highest BCUT2D eigenvalue weighted by molar-refractivity contribution is 5.80. The highest BCUT2D eigenvalue weighted by Gasteiger charge is 2.25. The number of nitrogens with two attached hydrogens (primary N) is 1. The van der Waals surface area contributed by atoms with E-state index in [-0.39, 0.29) is 18.1 Å². The summed E-state index contributed by atoms with van der Waals surface area (Å²) in [6, 6.07) is -0.311. The third-order valence-electron chi connectivity index (χ3n) is 1.62. The first-order valence-corrected chi connectivity index (χ1v) is 3.36. The molecule has 0 spiro atoms. The van der Waals surface area contributed by atoms with E-state index < -0.39 is 0 Å². The van der Waals surface area contributed by atoms with Crippen LogP contribution in [0.1, 0.15) is 6.92 Å². The molecule has 1 heterocycles. The maximum Gasteiger partial charge on any atom is 0.237 e. The van der Waals surface area contributed by atoms with Crippen molar-refractivity contribution in [1.82, 2.24) is 5.32 Å². The average Bonchev–Trinajstić information content (AvgIpc) is 1.88. The van der Waals surface area contributed by atoms with E-state index in [9.17, 15) is 4.79 Å². The molecule has 0 aromatic heterocycles. The Morgan fingerprint density at radius 2 is 2.50 bits per heavy atom. The van der Waals surface area contributed by atoms with Gasteiger partial charge in [-0.15, -0.1) is 0 Å². The number of carbonyl (C=O) groups is 1. The third kappa shape index (κ3) is 1.46. The Hall–Kier alpha value is -0.610. The summed E-state index contributed by atoms with van der Waals surface area (Å²) in [5.41, 5.74) is 5.08. The number of hydrogen-bond donors (Lipinski definition) is 2. The second-order valence-electron chi connectivity index (χ2n) is 2.41. The minimum absolute atomic E-state index is 0.0914. The Balaban J connectivity index is 2.47. The molecule has 4 nitrogen and oxygen atoms in total. The van der Waals surface area contributed by atoms with Crippen molar-refractivity contribution in [2.45, 2.75) is 19.1 Å². The Morgan fingerprint density at radius 3 is 2.90 bits per heavy atom.